The van der Waals surface area contributed by atoms with E-state index in [4.69, 9.17) is 16.3 Å². The van der Waals surface area contributed by atoms with Gasteiger partial charge in [0.05, 0.1) is 6.61 Å². The predicted molar refractivity (Wildman–Crippen MR) is 68.9 cm³/mol. The summed E-state index contributed by atoms with van der Waals surface area (Å²) in [6.07, 6.45) is 2.22. The first-order valence-electron chi connectivity index (χ1n) is 6.05. The number of nitrogens with zero attached hydrogens (tertiary/aromatic N) is 2. The van der Waals surface area contributed by atoms with E-state index in [1.54, 1.807) is 6.92 Å². The van der Waals surface area contributed by atoms with Crippen LogP contribution in [0.2, 0.25) is 5.15 Å². The largest absolute Gasteiger partial charge is 0.465 e. The van der Waals surface area contributed by atoms with Gasteiger partial charge < -0.3 is 10.1 Å². The Kier molecular flexibility index (Phi) is 4.01. The van der Waals surface area contributed by atoms with Gasteiger partial charge in [-0.05, 0) is 26.7 Å². The Morgan fingerprint density at radius 1 is 1.50 bits per heavy atom. The zero-order chi connectivity index (χ0) is 13.1. The number of nitrogens with one attached hydrogen (secondary N) is 1. The molecular formula is C12H16ClN3O2. The van der Waals surface area contributed by atoms with Gasteiger partial charge in [0.25, 0.3) is 0 Å². The summed E-state index contributed by atoms with van der Waals surface area (Å²) in [6, 6.07) is 0. The van der Waals surface area contributed by atoms with Gasteiger partial charge in [-0.15, -0.1) is 0 Å². The molecule has 0 unspecified atom stereocenters. The van der Waals surface area contributed by atoms with E-state index in [1.807, 2.05) is 6.92 Å². The van der Waals surface area contributed by atoms with Gasteiger partial charge in [-0.3, -0.25) is 4.79 Å². The molecule has 2 rings (SSSR count). The normalized spacial score (nSPS) is 14.4. The second-order valence-corrected chi connectivity index (χ2v) is 4.64. The maximum absolute atomic E-state index is 11.3. The second kappa shape index (κ2) is 5.52. The van der Waals surface area contributed by atoms with Crippen LogP contribution in [0.1, 0.15) is 37.1 Å². The van der Waals surface area contributed by atoms with E-state index in [2.05, 4.69) is 15.3 Å². The smallest absolute Gasteiger partial charge is 0.325 e. The molecule has 1 aromatic heterocycles. The van der Waals surface area contributed by atoms with E-state index < -0.39 is 0 Å². The van der Waals surface area contributed by atoms with Crippen LogP contribution in [0.3, 0.4) is 0 Å². The van der Waals surface area contributed by atoms with Gasteiger partial charge in [0.1, 0.15) is 23.3 Å². The van der Waals surface area contributed by atoms with Gasteiger partial charge >= 0.3 is 5.97 Å². The summed E-state index contributed by atoms with van der Waals surface area (Å²) in [5.74, 6) is 1.49. The lowest BCUT2D eigenvalue weighted by Gasteiger charge is -2.10. The van der Waals surface area contributed by atoms with Gasteiger partial charge in [-0.2, -0.15) is 0 Å². The lowest BCUT2D eigenvalue weighted by atomic mass is 10.3. The maximum Gasteiger partial charge on any atom is 0.325 e. The number of carbonyl (C=O) groups excluding carboxylic acids is 1. The molecule has 1 heterocycles. The molecule has 98 valence electrons. The van der Waals surface area contributed by atoms with Crippen molar-refractivity contribution in [1.29, 1.82) is 0 Å². The molecule has 6 heteroatoms. The molecule has 0 atom stereocenters. The van der Waals surface area contributed by atoms with Crippen LogP contribution in [0.25, 0.3) is 0 Å². The van der Waals surface area contributed by atoms with E-state index in [-0.39, 0.29) is 12.5 Å². The minimum atomic E-state index is -0.306. The highest BCUT2D eigenvalue weighted by Gasteiger charge is 2.28. The maximum atomic E-state index is 11.3. The molecule has 1 aromatic rings. The van der Waals surface area contributed by atoms with Crippen molar-refractivity contribution in [2.24, 2.45) is 0 Å². The summed E-state index contributed by atoms with van der Waals surface area (Å²) < 4.78 is 4.85. The number of carbonyl (C=O) groups is 1. The van der Waals surface area contributed by atoms with Crippen molar-refractivity contribution in [1.82, 2.24) is 9.97 Å². The Hall–Kier alpha value is -1.36. The van der Waals surface area contributed by atoms with Crippen LogP contribution in [-0.4, -0.2) is 29.1 Å². The van der Waals surface area contributed by atoms with E-state index >= 15 is 0 Å². The molecule has 1 aliphatic rings. The molecule has 0 saturated heterocycles. The average Bonchev–Trinajstić information content (AvgIpc) is 3.15. The molecule has 0 radical (unpaired) electrons. The molecule has 18 heavy (non-hydrogen) atoms. The Morgan fingerprint density at radius 2 is 2.22 bits per heavy atom. The molecule has 0 aliphatic heterocycles. The van der Waals surface area contributed by atoms with Gasteiger partial charge in [-0.1, -0.05) is 11.6 Å². The molecular weight excluding hydrogens is 254 g/mol. The average molecular weight is 270 g/mol. The number of hydrogen-bond donors (Lipinski definition) is 1. The van der Waals surface area contributed by atoms with Crippen LogP contribution in [0.15, 0.2) is 0 Å². The molecule has 1 saturated carbocycles. The quantitative estimate of drug-likeness (QED) is 0.656. The van der Waals surface area contributed by atoms with E-state index in [0.717, 1.165) is 24.2 Å². The number of halogens is 1. The van der Waals surface area contributed by atoms with Crippen molar-refractivity contribution >= 4 is 23.4 Å². The summed E-state index contributed by atoms with van der Waals surface area (Å²) in [5.41, 5.74) is 0.755. The van der Waals surface area contributed by atoms with Crippen molar-refractivity contribution < 1.29 is 9.53 Å². The van der Waals surface area contributed by atoms with Gasteiger partial charge in [0.15, 0.2) is 0 Å². The fraction of sp³-hybridized carbons (Fsp3) is 0.583. The molecule has 0 bridgehead atoms. The van der Waals surface area contributed by atoms with Crippen LogP contribution in [0.4, 0.5) is 5.82 Å². The van der Waals surface area contributed by atoms with E-state index in [9.17, 15) is 4.79 Å². The number of anilines is 1. The molecule has 1 fully saturated rings. The highest BCUT2D eigenvalue weighted by atomic mass is 35.5. The lowest BCUT2D eigenvalue weighted by Crippen LogP contribution is -2.18. The number of ether oxygens (including phenoxy) is 1. The number of esters is 1. The number of hydrogen-bond acceptors (Lipinski definition) is 5. The minimum absolute atomic E-state index is 0.0894. The van der Waals surface area contributed by atoms with Crippen LogP contribution in [-0.2, 0) is 9.53 Å². The third-order valence-electron chi connectivity index (χ3n) is 2.75. The second-order valence-electron chi connectivity index (χ2n) is 4.28. The molecule has 0 amide bonds. The van der Waals surface area contributed by atoms with Crippen molar-refractivity contribution in [3.05, 3.63) is 16.5 Å². The van der Waals surface area contributed by atoms with Crippen LogP contribution >= 0.6 is 11.6 Å². The highest BCUT2D eigenvalue weighted by Crippen LogP contribution is 2.39. The van der Waals surface area contributed by atoms with Crippen LogP contribution in [0.5, 0.6) is 0 Å². The van der Waals surface area contributed by atoms with Gasteiger partial charge in [-0.25, -0.2) is 9.97 Å². The van der Waals surface area contributed by atoms with Crippen LogP contribution < -0.4 is 5.32 Å². The van der Waals surface area contributed by atoms with Gasteiger partial charge in [0.2, 0.25) is 0 Å². The van der Waals surface area contributed by atoms with E-state index in [1.165, 1.54) is 0 Å². The molecule has 0 aromatic carbocycles. The predicted octanol–water partition coefficient (Wildman–Crippen LogP) is 2.29. The summed E-state index contributed by atoms with van der Waals surface area (Å²) in [5, 5.41) is 3.39. The van der Waals surface area contributed by atoms with E-state index in [0.29, 0.717) is 23.5 Å². The third kappa shape index (κ3) is 3.10. The summed E-state index contributed by atoms with van der Waals surface area (Å²) in [7, 11) is 0. The Balaban J connectivity index is 2.08. The highest BCUT2D eigenvalue weighted by molar-refractivity contribution is 6.30. The molecule has 1 N–H and O–H groups in total. The zero-order valence-electron chi connectivity index (χ0n) is 10.5. The summed E-state index contributed by atoms with van der Waals surface area (Å²) >= 11 is 6.06. The topological polar surface area (TPSA) is 64.1 Å². The first-order chi connectivity index (χ1) is 8.61. The monoisotopic (exact) mass is 269 g/mol. The molecule has 0 spiro atoms. The number of rotatable bonds is 5. The Labute approximate surface area is 111 Å². The van der Waals surface area contributed by atoms with Crippen molar-refractivity contribution in [2.45, 2.75) is 32.6 Å². The van der Waals surface area contributed by atoms with Crippen molar-refractivity contribution in [3.8, 4) is 0 Å². The van der Waals surface area contributed by atoms with Gasteiger partial charge in [0, 0.05) is 11.5 Å². The van der Waals surface area contributed by atoms with Crippen molar-refractivity contribution in [3.63, 3.8) is 0 Å². The standard InChI is InChI=1S/C12H16ClN3O2/c1-3-18-9(17)6-14-11-7(2)10(13)15-12(16-11)8-4-5-8/h8H,3-6H2,1-2H3,(H,14,15,16). The van der Waals surface area contributed by atoms with Crippen LogP contribution in [0, 0.1) is 6.92 Å². The van der Waals surface area contributed by atoms with Crippen molar-refractivity contribution in [2.75, 3.05) is 18.5 Å². The fourth-order valence-corrected chi connectivity index (χ4v) is 1.75. The summed E-state index contributed by atoms with van der Waals surface area (Å²) in [4.78, 5) is 20.0. The Bertz CT molecular complexity index is 461. The number of aromatic nitrogens is 2. The first-order valence-corrected chi connectivity index (χ1v) is 6.43. The fourth-order valence-electron chi connectivity index (χ4n) is 1.57. The molecule has 5 nitrogen and oxygen atoms in total. The Morgan fingerprint density at radius 3 is 2.83 bits per heavy atom. The lowest BCUT2D eigenvalue weighted by molar-refractivity contribution is -0.140. The SMILES string of the molecule is CCOC(=O)CNc1nc(C2CC2)nc(Cl)c1C. The zero-order valence-corrected chi connectivity index (χ0v) is 11.3. The third-order valence-corrected chi connectivity index (χ3v) is 3.12. The molecule has 1 aliphatic carbocycles. The first kappa shape index (κ1) is 13.1. The minimum Gasteiger partial charge on any atom is -0.465 e. The summed E-state index contributed by atoms with van der Waals surface area (Å²) in [6.45, 7) is 4.06.